The molecule has 0 saturated carbocycles. The Bertz CT molecular complexity index is 913. The summed E-state index contributed by atoms with van der Waals surface area (Å²) in [6.07, 6.45) is 0. The molecule has 27 heavy (non-hydrogen) atoms. The quantitative estimate of drug-likeness (QED) is 0.791. The van der Waals surface area contributed by atoms with E-state index in [9.17, 15) is 14.4 Å². The third-order valence-corrected chi connectivity index (χ3v) is 5.90. The van der Waals surface area contributed by atoms with Crippen LogP contribution in [0.25, 0.3) is 0 Å². The number of hydrogen-bond donors (Lipinski definition) is 1. The van der Waals surface area contributed by atoms with Gasteiger partial charge in [-0.25, -0.2) is 9.59 Å². The number of nitrogens with zero attached hydrogens (tertiary/aromatic N) is 2. The van der Waals surface area contributed by atoms with Crippen LogP contribution < -0.4 is 5.73 Å². The van der Waals surface area contributed by atoms with Gasteiger partial charge in [-0.15, -0.1) is 11.3 Å². The van der Waals surface area contributed by atoms with Gasteiger partial charge in [-0.05, 0) is 17.2 Å². The van der Waals surface area contributed by atoms with Gasteiger partial charge in [0.1, 0.15) is 12.6 Å². The normalized spacial score (nSPS) is 20.6. The van der Waals surface area contributed by atoms with Gasteiger partial charge in [0.25, 0.3) is 5.91 Å². The van der Waals surface area contributed by atoms with Gasteiger partial charge in [0.2, 0.25) is 0 Å². The molecule has 2 N–H and O–H groups in total. The van der Waals surface area contributed by atoms with E-state index in [1.807, 2.05) is 30.3 Å². The van der Waals surface area contributed by atoms with Crippen LogP contribution >= 0.6 is 11.3 Å². The maximum Gasteiger partial charge on any atom is 0.345 e. The largest absolute Gasteiger partial charge is 0.467 e. The summed E-state index contributed by atoms with van der Waals surface area (Å²) in [5.74, 6) is -1.14. The van der Waals surface area contributed by atoms with Crippen LogP contribution in [-0.2, 0) is 21.0 Å². The zero-order valence-electron chi connectivity index (χ0n) is 14.5. The summed E-state index contributed by atoms with van der Waals surface area (Å²) in [6, 6.07) is 9.36. The lowest BCUT2D eigenvalue weighted by atomic mass is 9.99. The second-order valence-electron chi connectivity index (χ2n) is 6.26. The minimum atomic E-state index is -0.905. The summed E-state index contributed by atoms with van der Waals surface area (Å²) in [6.45, 7) is 0.483. The summed E-state index contributed by atoms with van der Waals surface area (Å²) in [4.78, 5) is 44.9. The summed E-state index contributed by atoms with van der Waals surface area (Å²) in [5, 5.41) is 1.27. The highest BCUT2D eigenvalue weighted by Crippen LogP contribution is 2.47. The molecule has 0 aliphatic carbocycles. The number of carbonyl (C=O) groups excluding carboxylic acids is 3. The highest BCUT2D eigenvalue weighted by Gasteiger charge is 2.52. The van der Waals surface area contributed by atoms with Gasteiger partial charge in [-0.2, -0.15) is 5.06 Å². The Morgan fingerprint density at radius 1 is 1.30 bits per heavy atom. The smallest absolute Gasteiger partial charge is 0.345 e. The number of amides is 3. The second kappa shape index (κ2) is 6.67. The highest BCUT2D eigenvalue weighted by molar-refractivity contribution is 7.14. The van der Waals surface area contributed by atoms with Gasteiger partial charge in [-0.1, -0.05) is 30.3 Å². The molecule has 3 heterocycles. The van der Waals surface area contributed by atoms with Crippen molar-refractivity contribution >= 4 is 29.2 Å². The number of hydrogen-bond acceptors (Lipinski definition) is 6. The van der Waals surface area contributed by atoms with Crippen molar-refractivity contribution in [3.8, 4) is 0 Å². The SMILES string of the molecule is COC(=O)[C@@H]1c2sc(C(N)=O)cc2[C@@H]2CN1C(=O)N2OCc1ccccc1. The number of carbonyl (C=O) groups is 3. The van der Waals surface area contributed by atoms with E-state index in [0.717, 1.165) is 16.9 Å². The van der Waals surface area contributed by atoms with Gasteiger partial charge in [0.05, 0.1) is 18.5 Å². The lowest BCUT2D eigenvalue weighted by Crippen LogP contribution is -2.38. The first-order valence-corrected chi connectivity index (χ1v) is 9.11. The van der Waals surface area contributed by atoms with Crippen LogP contribution in [0.1, 0.15) is 37.8 Å². The van der Waals surface area contributed by atoms with Crippen LogP contribution in [0.3, 0.4) is 0 Å². The second-order valence-corrected chi connectivity index (χ2v) is 7.34. The van der Waals surface area contributed by atoms with Crippen LogP contribution in [-0.4, -0.2) is 41.5 Å². The summed E-state index contributed by atoms with van der Waals surface area (Å²) < 4.78 is 4.88. The number of benzene rings is 1. The Morgan fingerprint density at radius 2 is 2.04 bits per heavy atom. The van der Waals surface area contributed by atoms with Crippen molar-refractivity contribution < 1.29 is 24.0 Å². The van der Waals surface area contributed by atoms with Gasteiger partial charge >= 0.3 is 12.0 Å². The topological polar surface area (TPSA) is 102 Å². The number of methoxy groups -OCH3 is 1. The Balaban J connectivity index is 1.68. The Morgan fingerprint density at radius 3 is 2.70 bits per heavy atom. The number of ether oxygens (including phenoxy) is 1. The third kappa shape index (κ3) is 2.84. The highest BCUT2D eigenvalue weighted by atomic mass is 32.1. The molecule has 0 spiro atoms. The maximum absolute atomic E-state index is 12.9. The van der Waals surface area contributed by atoms with E-state index >= 15 is 0 Å². The molecule has 2 bridgehead atoms. The van der Waals surface area contributed by atoms with Crippen molar-refractivity contribution in [1.82, 2.24) is 9.96 Å². The summed E-state index contributed by atoms with van der Waals surface area (Å²) >= 11 is 1.11. The van der Waals surface area contributed by atoms with E-state index < -0.39 is 30.0 Å². The molecule has 0 radical (unpaired) electrons. The van der Waals surface area contributed by atoms with Crippen molar-refractivity contribution in [2.75, 3.05) is 13.7 Å². The Kier molecular flexibility index (Phi) is 4.33. The van der Waals surface area contributed by atoms with E-state index in [-0.39, 0.29) is 13.2 Å². The van der Waals surface area contributed by atoms with Gasteiger partial charge in [-0.3, -0.25) is 9.63 Å². The van der Waals surface area contributed by atoms with Crippen molar-refractivity contribution in [3.63, 3.8) is 0 Å². The lowest BCUT2D eigenvalue weighted by molar-refractivity contribution is -0.146. The summed E-state index contributed by atoms with van der Waals surface area (Å²) in [7, 11) is 1.26. The third-order valence-electron chi connectivity index (χ3n) is 4.68. The first kappa shape index (κ1) is 17.5. The number of hydroxylamine groups is 2. The number of nitrogens with two attached hydrogens (primary N) is 1. The Hall–Kier alpha value is -2.91. The van der Waals surface area contributed by atoms with Crippen molar-refractivity contribution in [3.05, 3.63) is 57.3 Å². The predicted octanol–water partition coefficient (Wildman–Crippen LogP) is 1.99. The van der Waals surface area contributed by atoms with E-state index in [2.05, 4.69) is 0 Å². The molecular formula is C18H17N3O5S. The Labute approximate surface area is 159 Å². The molecule has 1 fully saturated rings. The minimum absolute atomic E-state index is 0.210. The number of esters is 1. The first-order chi connectivity index (χ1) is 13.0. The van der Waals surface area contributed by atoms with E-state index in [4.69, 9.17) is 15.3 Å². The molecular weight excluding hydrogens is 370 g/mol. The zero-order chi connectivity index (χ0) is 19.1. The van der Waals surface area contributed by atoms with E-state index in [1.54, 1.807) is 6.07 Å². The molecule has 1 saturated heterocycles. The number of urea groups is 1. The molecule has 2 atom stereocenters. The number of fused-ring (bicyclic) bond motifs is 4. The molecule has 2 aliphatic heterocycles. The zero-order valence-corrected chi connectivity index (χ0v) is 15.3. The van der Waals surface area contributed by atoms with Crippen LogP contribution in [0.4, 0.5) is 4.79 Å². The fraction of sp³-hybridized carbons (Fsp3) is 0.278. The number of primary amides is 1. The van der Waals surface area contributed by atoms with Crippen LogP contribution in [0.5, 0.6) is 0 Å². The number of rotatable bonds is 5. The van der Waals surface area contributed by atoms with Gasteiger partial charge < -0.3 is 15.4 Å². The molecule has 2 aliphatic rings. The van der Waals surface area contributed by atoms with Crippen LogP contribution in [0, 0.1) is 0 Å². The molecule has 3 amide bonds. The lowest BCUT2D eigenvalue weighted by Gasteiger charge is -2.28. The van der Waals surface area contributed by atoms with Gasteiger partial charge in [0, 0.05) is 4.88 Å². The number of thiophene rings is 1. The fourth-order valence-electron chi connectivity index (χ4n) is 3.40. The predicted molar refractivity (Wildman–Crippen MR) is 95.5 cm³/mol. The molecule has 1 aromatic heterocycles. The van der Waals surface area contributed by atoms with Crippen LogP contribution in [0.15, 0.2) is 36.4 Å². The van der Waals surface area contributed by atoms with Crippen molar-refractivity contribution in [1.29, 1.82) is 0 Å². The molecule has 2 aromatic rings. The average Bonchev–Trinajstić information content (AvgIpc) is 3.23. The van der Waals surface area contributed by atoms with Crippen molar-refractivity contribution in [2.24, 2.45) is 5.73 Å². The molecule has 8 nitrogen and oxygen atoms in total. The fourth-order valence-corrected chi connectivity index (χ4v) is 4.58. The minimum Gasteiger partial charge on any atom is -0.467 e. The molecule has 9 heteroatoms. The molecule has 140 valence electrons. The van der Waals surface area contributed by atoms with E-state index in [0.29, 0.717) is 15.3 Å². The maximum atomic E-state index is 12.9. The standard InChI is InChI=1S/C18H17N3O5S/c1-25-17(23)14-15-11(7-13(27-15)16(19)22)12-8-20(14)18(24)21(12)26-9-10-5-3-2-4-6-10/h2-7,12,14H,8-9H2,1H3,(H2,19,22)/t12-,14-/m0/s1. The molecule has 4 rings (SSSR count). The molecule has 1 aromatic carbocycles. The molecule has 0 unspecified atom stereocenters. The first-order valence-electron chi connectivity index (χ1n) is 8.29. The average molecular weight is 387 g/mol. The monoisotopic (exact) mass is 387 g/mol. The van der Waals surface area contributed by atoms with Crippen molar-refractivity contribution in [2.45, 2.75) is 18.7 Å². The van der Waals surface area contributed by atoms with Gasteiger partial charge in [0.15, 0.2) is 6.04 Å². The van der Waals surface area contributed by atoms with E-state index in [1.165, 1.54) is 17.1 Å². The summed E-state index contributed by atoms with van der Waals surface area (Å²) in [5.41, 5.74) is 7.01. The van der Waals surface area contributed by atoms with Crippen LogP contribution in [0.2, 0.25) is 0 Å².